The molecule has 0 aliphatic rings. The fourth-order valence-electron chi connectivity index (χ4n) is 0.934. The summed E-state index contributed by atoms with van der Waals surface area (Å²) in [5.41, 5.74) is -0.550. The molecule has 0 aromatic heterocycles. The molecule has 0 aliphatic heterocycles. The summed E-state index contributed by atoms with van der Waals surface area (Å²) < 4.78 is 1.01. The molecule has 0 aromatic rings. The monoisotopic (exact) mass is 255 g/mol. The van der Waals surface area contributed by atoms with Crippen molar-refractivity contribution in [2.75, 3.05) is 27.2 Å². The van der Waals surface area contributed by atoms with E-state index in [2.05, 4.69) is 5.32 Å². The quantitative estimate of drug-likeness (QED) is 0.730. The number of amides is 1. The summed E-state index contributed by atoms with van der Waals surface area (Å²) in [6.07, 6.45) is 0.271. The number of nitrogens with zero attached hydrogens (tertiary/aromatic N) is 2. The molecule has 4 nitrogen and oxygen atoms in total. The second-order valence-electron chi connectivity index (χ2n) is 4.38. The van der Waals surface area contributed by atoms with E-state index in [1.807, 2.05) is 19.0 Å². The van der Waals surface area contributed by atoms with Crippen LogP contribution in [0.15, 0.2) is 0 Å². The van der Waals surface area contributed by atoms with Crippen molar-refractivity contribution in [3.63, 3.8) is 0 Å². The van der Waals surface area contributed by atoms with Gasteiger partial charge in [-0.3, -0.25) is 4.79 Å². The van der Waals surface area contributed by atoms with E-state index in [9.17, 15) is 4.79 Å². The highest BCUT2D eigenvalue weighted by Gasteiger charge is 2.27. The lowest BCUT2D eigenvalue weighted by molar-refractivity contribution is -0.122. The highest BCUT2D eigenvalue weighted by molar-refractivity contribution is 6.34. The van der Waals surface area contributed by atoms with Crippen molar-refractivity contribution in [3.05, 3.63) is 0 Å². The van der Waals surface area contributed by atoms with Gasteiger partial charge in [-0.1, -0.05) is 0 Å². The zero-order valence-electron chi connectivity index (χ0n) is 9.68. The number of carbonyl (C=O) groups is 1. The van der Waals surface area contributed by atoms with Crippen molar-refractivity contribution in [2.45, 2.75) is 25.8 Å². The summed E-state index contributed by atoms with van der Waals surface area (Å²) >= 11 is 11.2. The third-order valence-corrected chi connectivity index (χ3v) is 2.85. The molecule has 6 heteroatoms. The molecule has 0 spiro atoms. The van der Waals surface area contributed by atoms with E-state index in [0.717, 1.165) is 10.5 Å². The minimum absolute atomic E-state index is 0.0480. The van der Waals surface area contributed by atoms with Gasteiger partial charge in [0, 0.05) is 19.5 Å². The number of halogens is 2. The van der Waals surface area contributed by atoms with Gasteiger partial charge in [0.1, 0.15) is 0 Å². The van der Waals surface area contributed by atoms with Gasteiger partial charge >= 0.3 is 0 Å². The predicted octanol–water partition coefficient (Wildman–Crippen LogP) is 1.44. The molecule has 0 rings (SSSR count). The predicted molar refractivity (Wildman–Crippen MR) is 63.8 cm³/mol. The Hall–Kier alpha value is -0.0300. The Morgan fingerprint density at radius 3 is 2.27 bits per heavy atom. The van der Waals surface area contributed by atoms with Crippen LogP contribution in [0.2, 0.25) is 0 Å². The standard InChI is InChI=1S/C9H19Cl2N3O/c1-9(2,14(10)11)7-8(15)12-5-6-13(3)4/h5-7H2,1-4H3,(H,12,15). The van der Waals surface area contributed by atoms with E-state index in [0.29, 0.717) is 6.54 Å². The summed E-state index contributed by atoms with van der Waals surface area (Å²) in [5.74, 6) is -0.0480. The van der Waals surface area contributed by atoms with Crippen LogP contribution in [-0.2, 0) is 4.79 Å². The molecule has 0 fully saturated rings. The molecule has 1 amide bonds. The summed E-state index contributed by atoms with van der Waals surface area (Å²) in [6, 6.07) is 0. The van der Waals surface area contributed by atoms with Gasteiger partial charge in [-0.05, 0) is 51.5 Å². The zero-order valence-corrected chi connectivity index (χ0v) is 11.2. The van der Waals surface area contributed by atoms with Crippen LogP contribution >= 0.6 is 23.6 Å². The molecule has 0 unspecified atom stereocenters. The molecule has 0 aliphatic carbocycles. The van der Waals surface area contributed by atoms with Gasteiger partial charge < -0.3 is 10.2 Å². The third kappa shape index (κ3) is 6.95. The Morgan fingerprint density at radius 1 is 1.33 bits per heavy atom. The minimum atomic E-state index is -0.550. The number of rotatable bonds is 6. The second-order valence-corrected chi connectivity index (χ2v) is 5.22. The highest BCUT2D eigenvalue weighted by atomic mass is 35.5. The molecule has 90 valence electrons. The first kappa shape index (κ1) is 15.0. The number of hydrogen-bond acceptors (Lipinski definition) is 3. The first-order chi connectivity index (χ1) is 6.75. The van der Waals surface area contributed by atoms with Crippen LogP contribution in [0.3, 0.4) is 0 Å². The fraction of sp³-hybridized carbons (Fsp3) is 0.889. The molecule has 0 atom stereocenters. The summed E-state index contributed by atoms with van der Waals surface area (Å²) in [6.45, 7) is 5.06. The lowest BCUT2D eigenvalue weighted by Gasteiger charge is -2.26. The van der Waals surface area contributed by atoms with Crippen LogP contribution in [0, 0.1) is 0 Å². The van der Waals surface area contributed by atoms with Crippen molar-refractivity contribution in [1.82, 2.24) is 14.2 Å². The fourth-order valence-corrected chi connectivity index (χ4v) is 1.05. The molecule has 15 heavy (non-hydrogen) atoms. The van der Waals surface area contributed by atoms with E-state index in [4.69, 9.17) is 23.6 Å². The van der Waals surface area contributed by atoms with Crippen LogP contribution in [0.4, 0.5) is 0 Å². The molecular weight excluding hydrogens is 237 g/mol. The average Bonchev–Trinajstić information content (AvgIpc) is 2.01. The topological polar surface area (TPSA) is 35.6 Å². The lowest BCUT2D eigenvalue weighted by Crippen LogP contribution is -2.40. The van der Waals surface area contributed by atoms with Gasteiger partial charge in [0.25, 0.3) is 0 Å². The van der Waals surface area contributed by atoms with Crippen molar-refractivity contribution in [3.8, 4) is 0 Å². The van der Waals surface area contributed by atoms with Crippen LogP contribution in [0.1, 0.15) is 20.3 Å². The number of hydrogen-bond donors (Lipinski definition) is 1. The highest BCUT2D eigenvalue weighted by Crippen LogP contribution is 2.22. The maximum absolute atomic E-state index is 11.5. The lowest BCUT2D eigenvalue weighted by atomic mass is 10.0. The van der Waals surface area contributed by atoms with Gasteiger partial charge in [-0.2, -0.15) is 0 Å². The van der Waals surface area contributed by atoms with Gasteiger partial charge in [-0.25, -0.2) is 0 Å². The number of likely N-dealkylation sites (N-methyl/N-ethyl adjacent to an activating group) is 1. The van der Waals surface area contributed by atoms with E-state index in [-0.39, 0.29) is 12.3 Å². The number of nitrogens with one attached hydrogen (secondary N) is 1. The molecule has 0 saturated heterocycles. The van der Waals surface area contributed by atoms with Crippen molar-refractivity contribution < 1.29 is 4.79 Å². The van der Waals surface area contributed by atoms with Crippen molar-refractivity contribution in [2.24, 2.45) is 0 Å². The summed E-state index contributed by atoms with van der Waals surface area (Å²) in [7, 11) is 3.91. The van der Waals surface area contributed by atoms with Gasteiger partial charge in [0.15, 0.2) is 0 Å². The third-order valence-electron chi connectivity index (χ3n) is 1.93. The first-order valence-corrected chi connectivity index (χ1v) is 5.46. The molecular formula is C9H19Cl2N3O. The maximum Gasteiger partial charge on any atom is 0.221 e. The number of carbonyl (C=O) groups excluding carboxylic acids is 1. The molecule has 0 bridgehead atoms. The maximum atomic E-state index is 11.5. The smallest absolute Gasteiger partial charge is 0.221 e. The molecule has 0 heterocycles. The van der Waals surface area contributed by atoms with Crippen LogP contribution in [-0.4, -0.2) is 47.5 Å². The van der Waals surface area contributed by atoms with E-state index < -0.39 is 5.54 Å². The molecule has 0 saturated carbocycles. The second kappa shape index (κ2) is 6.53. The average molecular weight is 256 g/mol. The van der Waals surface area contributed by atoms with E-state index >= 15 is 0 Å². The van der Waals surface area contributed by atoms with E-state index in [1.54, 1.807) is 13.8 Å². The Labute approximate surface area is 102 Å². The summed E-state index contributed by atoms with van der Waals surface area (Å²) in [4.78, 5) is 13.5. The van der Waals surface area contributed by atoms with Crippen LogP contribution in [0.25, 0.3) is 0 Å². The molecule has 0 aromatic carbocycles. The SMILES string of the molecule is CN(C)CCNC(=O)CC(C)(C)N(Cl)Cl. The van der Waals surface area contributed by atoms with Gasteiger partial charge in [0.05, 0.1) is 5.54 Å². The molecule has 1 N–H and O–H groups in total. The largest absolute Gasteiger partial charge is 0.355 e. The minimum Gasteiger partial charge on any atom is -0.355 e. The van der Waals surface area contributed by atoms with Crippen molar-refractivity contribution in [1.29, 1.82) is 0 Å². The van der Waals surface area contributed by atoms with Gasteiger partial charge in [0.2, 0.25) is 5.91 Å². The van der Waals surface area contributed by atoms with Crippen molar-refractivity contribution >= 4 is 29.5 Å². The summed E-state index contributed by atoms with van der Waals surface area (Å²) in [5, 5.41) is 2.80. The Bertz CT molecular complexity index is 208. The van der Waals surface area contributed by atoms with Crippen LogP contribution in [0.5, 0.6) is 0 Å². The normalized spacial score (nSPS) is 12.3. The Kier molecular flexibility index (Phi) is 6.52. The Balaban J connectivity index is 3.84. The van der Waals surface area contributed by atoms with E-state index in [1.165, 1.54) is 0 Å². The zero-order chi connectivity index (χ0) is 12.1. The first-order valence-electron chi connectivity index (χ1n) is 4.79. The van der Waals surface area contributed by atoms with Gasteiger partial charge in [-0.15, -0.1) is 3.94 Å². The van der Waals surface area contributed by atoms with Crippen LogP contribution < -0.4 is 5.32 Å². The Morgan fingerprint density at radius 2 is 1.87 bits per heavy atom. The molecule has 0 radical (unpaired) electrons.